The van der Waals surface area contributed by atoms with Crippen LogP contribution < -0.4 is 4.74 Å². The Bertz CT molecular complexity index is 695. The Labute approximate surface area is 158 Å². The lowest BCUT2D eigenvalue weighted by atomic mass is 9.73. The minimum absolute atomic E-state index is 0.0704. The van der Waals surface area contributed by atoms with Crippen molar-refractivity contribution >= 4 is 17.8 Å². The molecule has 0 spiro atoms. The zero-order valence-electron chi connectivity index (χ0n) is 15.6. The van der Waals surface area contributed by atoms with E-state index >= 15 is 0 Å². The molecule has 0 aromatic heterocycles. The fourth-order valence-corrected chi connectivity index (χ4v) is 3.70. The largest absolute Gasteiger partial charge is 0.497 e. The first-order chi connectivity index (χ1) is 13.0. The minimum atomic E-state index is -0.882. The Morgan fingerprint density at radius 1 is 1.00 bits per heavy atom. The van der Waals surface area contributed by atoms with Crippen molar-refractivity contribution < 1.29 is 24.2 Å². The minimum Gasteiger partial charge on any atom is -0.497 e. The lowest BCUT2D eigenvalue weighted by molar-refractivity contribution is -0.157. The lowest BCUT2D eigenvalue weighted by Gasteiger charge is -2.40. The van der Waals surface area contributed by atoms with Crippen LogP contribution in [0.4, 0.5) is 0 Å². The van der Waals surface area contributed by atoms with Gasteiger partial charge in [-0.3, -0.25) is 14.4 Å². The molecule has 2 fully saturated rings. The smallest absolute Gasteiger partial charge is 0.307 e. The Morgan fingerprint density at radius 3 is 2.11 bits per heavy atom. The van der Waals surface area contributed by atoms with Gasteiger partial charge >= 0.3 is 5.97 Å². The van der Waals surface area contributed by atoms with Gasteiger partial charge in [-0.1, -0.05) is 12.1 Å². The van der Waals surface area contributed by atoms with Crippen molar-refractivity contribution in [3.63, 3.8) is 0 Å². The summed E-state index contributed by atoms with van der Waals surface area (Å²) in [6, 6.07) is 7.68. The molecule has 1 aromatic carbocycles. The van der Waals surface area contributed by atoms with E-state index in [0.29, 0.717) is 51.9 Å². The van der Waals surface area contributed by atoms with Crippen molar-refractivity contribution in [2.75, 3.05) is 33.3 Å². The maximum atomic E-state index is 12.5. The molecule has 146 valence electrons. The van der Waals surface area contributed by atoms with E-state index in [-0.39, 0.29) is 17.7 Å². The number of nitrogens with zero attached hydrogens (tertiary/aromatic N) is 2. The molecule has 1 heterocycles. The van der Waals surface area contributed by atoms with Crippen LogP contribution in [-0.4, -0.2) is 66.0 Å². The first-order valence-corrected chi connectivity index (χ1v) is 9.42. The average Bonchev–Trinajstić information content (AvgIpc) is 2.65. The third-order valence-corrected chi connectivity index (χ3v) is 5.64. The highest BCUT2D eigenvalue weighted by molar-refractivity contribution is 5.86. The molecule has 1 aromatic rings. The number of benzene rings is 1. The number of methoxy groups -OCH3 is 1. The molecule has 1 aliphatic heterocycles. The Kier molecular flexibility index (Phi) is 5.98. The number of aryl methyl sites for hydroxylation is 1. The molecule has 2 amide bonds. The predicted octanol–water partition coefficient (Wildman–Crippen LogP) is 1.41. The normalized spacial score (nSPS) is 22.1. The van der Waals surface area contributed by atoms with Crippen LogP contribution in [0.25, 0.3) is 0 Å². The third kappa shape index (κ3) is 4.40. The summed E-state index contributed by atoms with van der Waals surface area (Å²) in [5, 5.41) is 9.12. The molecule has 0 radical (unpaired) electrons. The van der Waals surface area contributed by atoms with Crippen molar-refractivity contribution in [2.24, 2.45) is 11.8 Å². The molecule has 7 heteroatoms. The molecule has 1 saturated heterocycles. The fourth-order valence-electron chi connectivity index (χ4n) is 3.70. The highest BCUT2D eigenvalue weighted by Crippen LogP contribution is 2.36. The molecule has 2 unspecified atom stereocenters. The lowest BCUT2D eigenvalue weighted by Crippen LogP contribution is -2.54. The zero-order valence-corrected chi connectivity index (χ0v) is 15.6. The van der Waals surface area contributed by atoms with Crippen molar-refractivity contribution in [2.45, 2.75) is 25.7 Å². The van der Waals surface area contributed by atoms with Crippen LogP contribution in [-0.2, 0) is 20.8 Å². The molecule has 27 heavy (non-hydrogen) atoms. The van der Waals surface area contributed by atoms with Gasteiger partial charge in [0.05, 0.1) is 18.9 Å². The maximum Gasteiger partial charge on any atom is 0.307 e. The summed E-state index contributed by atoms with van der Waals surface area (Å²) in [5.74, 6) is -1.00. The number of hydrogen-bond donors (Lipinski definition) is 1. The van der Waals surface area contributed by atoms with Crippen LogP contribution >= 0.6 is 0 Å². The van der Waals surface area contributed by atoms with Crippen LogP contribution in [0.5, 0.6) is 5.75 Å². The first-order valence-electron chi connectivity index (χ1n) is 9.42. The second-order valence-corrected chi connectivity index (χ2v) is 7.18. The highest BCUT2D eigenvalue weighted by Gasteiger charge is 2.43. The quantitative estimate of drug-likeness (QED) is 0.814. The molecule has 3 rings (SSSR count). The van der Waals surface area contributed by atoms with Gasteiger partial charge in [-0.15, -0.1) is 0 Å². The van der Waals surface area contributed by atoms with E-state index in [1.807, 2.05) is 24.3 Å². The number of amides is 2. The van der Waals surface area contributed by atoms with Gasteiger partial charge in [0.15, 0.2) is 0 Å². The van der Waals surface area contributed by atoms with Crippen LogP contribution in [0.15, 0.2) is 24.3 Å². The number of piperazine rings is 1. The van der Waals surface area contributed by atoms with Crippen LogP contribution in [0.3, 0.4) is 0 Å². The Balaban J connectivity index is 1.43. The van der Waals surface area contributed by atoms with E-state index in [4.69, 9.17) is 9.84 Å². The summed E-state index contributed by atoms with van der Waals surface area (Å²) < 4.78 is 5.13. The number of carboxylic acid groups (broad SMARTS) is 1. The van der Waals surface area contributed by atoms with E-state index in [1.54, 1.807) is 16.9 Å². The molecular formula is C20H26N2O5. The molecule has 7 nitrogen and oxygen atoms in total. The maximum absolute atomic E-state index is 12.5. The van der Waals surface area contributed by atoms with E-state index in [0.717, 1.165) is 11.3 Å². The van der Waals surface area contributed by atoms with Crippen molar-refractivity contribution in [3.05, 3.63) is 29.8 Å². The van der Waals surface area contributed by atoms with E-state index in [1.165, 1.54) is 0 Å². The van der Waals surface area contributed by atoms with Gasteiger partial charge in [-0.25, -0.2) is 0 Å². The van der Waals surface area contributed by atoms with Crippen molar-refractivity contribution in [1.82, 2.24) is 9.80 Å². The van der Waals surface area contributed by atoms with Gasteiger partial charge in [0, 0.05) is 32.6 Å². The summed E-state index contributed by atoms with van der Waals surface area (Å²) in [4.78, 5) is 39.5. The second kappa shape index (κ2) is 8.41. The van der Waals surface area contributed by atoms with Crippen molar-refractivity contribution in [1.29, 1.82) is 0 Å². The number of ether oxygens (including phenoxy) is 1. The number of carbonyl (C=O) groups is 3. The Morgan fingerprint density at radius 2 is 1.59 bits per heavy atom. The summed E-state index contributed by atoms with van der Waals surface area (Å²) in [5.41, 5.74) is 1.09. The van der Waals surface area contributed by atoms with Crippen LogP contribution in [0.2, 0.25) is 0 Å². The SMILES string of the molecule is COc1ccc(CCC(=O)N2CCN(C(=O)C3CCC3C(=O)O)CC2)cc1. The molecule has 1 aliphatic carbocycles. The summed E-state index contributed by atoms with van der Waals surface area (Å²) >= 11 is 0. The van der Waals surface area contributed by atoms with Gasteiger partial charge in [0.1, 0.15) is 5.75 Å². The summed E-state index contributed by atoms with van der Waals surface area (Å²) in [7, 11) is 1.62. The monoisotopic (exact) mass is 374 g/mol. The van der Waals surface area contributed by atoms with Crippen LogP contribution in [0.1, 0.15) is 24.8 Å². The van der Waals surface area contributed by atoms with Gasteiger partial charge in [0.25, 0.3) is 0 Å². The predicted molar refractivity (Wildman–Crippen MR) is 98.3 cm³/mol. The molecular weight excluding hydrogens is 348 g/mol. The summed E-state index contributed by atoms with van der Waals surface area (Å²) in [6.07, 6.45) is 2.33. The first kappa shape index (κ1) is 19.2. The standard InChI is InChI=1S/C20H26N2O5/c1-27-15-5-2-14(3-6-15)4-9-18(23)21-10-12-22(13-11-21)19(24)16-7-8-17(16)20(25)26/h2-3,5-6,16-17H,4,7-13H2,1H3,(H,25,26). The molecule has 0 bridgehead atoms. The zero-order chi connectivity index (χ0) is 19.4. The number of rotatable bonds is 6. The second-order valence-electron chi connectivity index (χ2n) is 7.18. The molecule has 1 N–H and O–H groups in total. The third-order valence-electron chi connectivity index (χ3n) is 5.64. The topological polar surface area (TPSA) is 87.2 Å². The average molecular weight is 374 g/mol. The molecule has 1 saturated carbocycles. The molecule has 2 atom stereocenters. The van der Waals surface area contributed by atoms with Gasteiger partial charge in [0.2, 0.25) is 11.8 Å². The van der Waals surface area contributed by atoms with Gasteiger partial charge in [-0.2, -0.15) is 0 Å². The highest BCUT2D eigenvalue weighted by atomic mass is 16.5. The molecule has 2 aliphatic rings. The number of carboxylic acids is 1. The Hall–Kier alpha value is -2.57. The number of aliphatic carboxylic acids is 1. The van der Waals surface area contributed by atoms with E-state index in [2.05, 4.69) is 0 Å². The summed E-state index contributed by atoms with van der Waals surface area (Å²) in [6.45, 7) is 1.99. The number of hydrogen-bond acceptors (Lipinski definition) is 4. The van der Waals surface area contributed by atoms with E-state index < -0.39 is 11.9 Å². The van der Waals surface area contributed by atoms with E-state index in [9.17, 15) is 14.4 Å². The fraction of sp³-hybridized carbons (Fsp3) is 0.550. The van der Waals surface area contributed by atoms with Crippen molar-refractivity contribution in [3.8, 4) is 5.75 Å². The van der Waals surface area contributed by atoms with Gasteiger partial charge in [-0.05, 0) is 37.0 Å². The van der Waals surface area contributed by atoms with Crippen LogP contribution in [0, 0.1) is 11.8 Å². The van der Waals surface area contributed by atoms with Gasteiger partial charge < -0.3 is 19.6 Å². The number of carbonyl (C=O) groups excluding carboxylic acids is 2.